The molecule has 110 valence electrons. The van der Waals surface area contributed by atoms with Crippen LogP contribution in [0, 0.1) is 0 Å². The number of carbonyl (C=O) groups excluding carboxylic acids is 1. The van der Waals surface area contributed by atoms with Crippen LogP contribution in [0.3, 0.4) is 0 Å². The van der Waals surface area contributed by atoms with Crippen molar-refractivity contribution >= 4 is 5.91 Å². The van der Waals surface area contributed by atoms with Crippen LogP contribution in [0.2, 0.25) is 0 Å². The summed E-state index contributed by atoms with van der Waals surface area (Å²) in [7, 11) is 0. The van der Waals surface area contributed by atoms with Crippen LogP contribution in [-0.4, -0.2) is 47.2 Å². The van der Waals surface area contributed by atoms with Crippen LogP contribution in [0.1, 0.15) is 58.3 Å². The van der Waals surface area contributed by atoms with Gasteiger partial charge in [-0.05, 0) is 52.0 Å². The minimum absolute atomic E-state index is 0.0318. The molecule has 2 aliphatic heterocycles. The van der Waals surface area contributed by atoms with Crippen molar-refractivity contribution in [2.24, 2.45) is 0 Å². The van der Waals surface area contributed by atoms with E-state index in [-0.39, 0.29) is 18.1 Å². The Balaban J connectivity index is 2.08. The first-order chi connectivity index (χ1) is 9.18. The summed E-state index contributed by atoms with van der Waals surface area (Å²) in [5, 5.41) is 12.7. The van der Waals surface area contributed by atoms with E-state index < -0.39 is 0 Å². The van der Waals surface area contributed by atoms with Gasteiger partial charge < -0.3 is 10.4 Å². The first-order valence-electron chi connectivity index (χ1n) is 7.90. The Morgan fingerprint density at radius 2 is 2.05 bits per heavy atom. The summed E-state index contributed by atoms with van der Waals surface area (Å²) in [4.78, 5) is 14.6. The lowest BCUT2D eigenvalue weighted by Crippen LogP contribution is -2.51. The molecule has 2 N–H and O–H groups in total. The Labute approximate surface area is 116 Å². The van der Waals surface area contributed by atoms with Crippen LogP contribution in [0.5, 0.6) is 0 Å². The van der Waals surface area contributed by atoms with Crippen LogP contribution in [0.4, 0.5) is 0 Å². The molecule has 0 aromatic rings. The molecule has 2 fully saturated rings. The molecule has 2 aliphatic rings. The van der Waals surface area contributed by atoms with Crippen molar-refractivity contribution < 1.29 is 9.90 Å². The second-order valence-corrected chi connectivity index (χ2v) is 6.13. The molecule has 0 bridgehead atoms. The Hall–Kier alpha value is -0.610. The van der Waals surface area contributed by atoms with Crippen molar-refractivity contribution in [2.45, 2.75) is 76.5 Å². The van der Waals surface area contributed by atoms with Crippen molar-refractivity contribution in [3.05, 3.63) is 0 Å². The topological polar surface area (TPSA) is 52.6 Å². The molecule has 3 unspecified atom stereocenters. The van der Waals surface area contributed by atoms with E-state index in [1.165, 1.54) is 19.3 Å². The third-order valence-corrected chi connectivity index (χ3v) is 4.44. The van der Waals surface area contributed by atoms with Crippen LogP contribution >= 0.6 is 0 Å². The van der Waals surface area contributed by atoms with Crippen molar-refractivity contribution in [3.8, 4) is 0 Å². The molecule has 0 saturated carbocycles. The van der Waals surface area contributed by atoms with Crippen LogP contribution in [0.15, 0.2) is 0 Å². The summed E-state index contributed by atoms with van der Waals surface area (Å²) in [5.74, 6) is 0.204. The van der Waals surface area contributed by atoms with Gasteiger partial charge in [0.25, 0.3) is 0 Å². The lowest BCUT2D eigenvalue weighted by atomic mass is 10.00. The van der Waals surface area contributed by atoms with E-state index in [0.29, 0.717) is 6.04 Å². The summed E-state index contributed by atoms with van der Waals surface area (Å²) in [5.41, 5.74) is 0. The molecular weight excluding hydrogens is 240 g/mol. The zero-order valence-corrected chi connectivity index (χ0v) is 12.1. The predicted molar refractivity (Wildman–Crippen MR) is 75.9 cm³/mol. The van der Waals surface area contributed by atoms with Gasteiger partial charge >= 0.3 is 0 Å². The maximum atomic E-state index is 12.2. The van der Waals surface area contributed by atoms with Gasteiger partial charge in [0, 0.05) is 12.6 Å². The molecule has 2 saturated heterocycles. The fraction of sp³-hybridized carbons (Fsp3) is 0.933. The van der Waals surface area contributed by atoms with Crippen molar-refractivity contribution in [2.75, 3.05) is 13.1 Å². The minimum atomic E-state index is -0.278. The second kappa shape index (κ2) is 7.25. The lowest BCUT2D eigenvalue weighted by molar-refractivity contribution is -0.127. The SMILES string of the molecule is CC(O)CC1CCCCCN1C1CCCCNC1=O. The summed E-state index contributed by atoms with van der Waals surface area (Å²) in [6.07, 6.45) is 8.49. The third kappa shape index (κ3) is 4.18. The molecule has 0 spiro atoms. The van der Waals surface area contributed by atoms with E-state index >= 15 is 0 Å². The average molecular weight is 268 g/mol. The maximum Gasteiger partial charge on any atom is 0.237 e. The van der Waals surface area contributed by atoms with Crippen molar-refractivity contribution in [1.29, 1.82) is 0 Å². The number of hydrogen-bond donors (Lipinski definition) is 2. The zero-order valence-electron chi connectivity index (χ0n) is 12.1. The predicted octanol–water partition coefficient (Wildman–Crippen LogP) is 1.67. The zero-order chi connectivity index (χ0) is 13.7. The number of aliphatic hydroxyl groups excluding tert-OH is 1. The smallest absolute Gasteiger partial charge is 0.237 e. The molecular formula is C15H28N2O2. The summed E-state index contributed by atoms with van der Waals surface area (Å²) in [6, 6.07) is 0.403. The number of aliphatic hydroxyl groups is 1. The molecule has 3 atom stereocenters. The number of rotatable bonds is 3. The normalized spacial score (nSPS) is 32.2. The molecule has 4 heteroatoms. The van der Waals surface area contributed by atoms with Gasteiger partial charge in [-0.3, -0.25) is 9.69 Å². The Morgan fingerprint density at radius 1 is 1.26 bits per heavy atom. The highest BCUT2D eigenvalue weighted by Crippen LogP contribution is 2.25. The molecule has 2 heterocycles. The van der Waals surface area contributed by atoms with Gasteiger partial charge in [0.15, 0.2) is 0 Å². The highest BCUT2D eigenvalue weighted by molar-refractivity contribution is 5.82. The van der Waals surface area contributed by atoms with E-state index in [9.17, 15) is 9.90 Å². The van der Waals surface area contributed by atoms with Gasteiger partial charge in [0.05, 0.1) is 12.1 Å². The first kappa shape index (κ1) is 14.8. The monoisotopic (exact) mass is 268 g/mol. The molecule has 19 heavy (non-hydrogen) atoms. The van der Waals surface area contributed by atoms with Crippen molar-refractivity contribution in [1.82, 2.24) is 10.2 Å². The Morgan fingerprint density at radius 3 is 2.84 bits per heavy atom. The molecule has 2 rings (SSSR count). The van der Waals surface area contributed by atoms with Gasteiger partial charge in [0.1, 0.15) is 0 Å². The van der Waals surface area contributed by atoms with E-state index in [1.54, 1.807) is 0 Å². The first-order valence-corrected chi connectivity index (χ1v) is 7.90. The summed E-state index contributed by atoms with van der Waals surface area (Å²) < 4.78 is 0. The quantitative estimate of drug-likeness (QED) is 0.818. The summed E-state index contributed by atoms with van der Waals surface area (Å²) >= 11 is 0. The molecule has 1 amide bonds. The number of likely N-dealkylation sites (tertiary alicyclic amines) is 1. The number of hydrogen-bond acceptors (Lipinski definition) is 3. The third-order valence-electron chi connectivity index (χ3n) is 4.44. The Bertz CT molecular complexity index is 294. The van der Waals surface area contributed by atoms with E-state index in [4.69, 9.17) is 0 Å². The van der Waals surface area contributed by atoms with Crippen LogP contribution in [-0.2, 0) is 4.79 Å². The number of nitrogens with one attached hydrogen (secondary N) is 1. The van der Waals surface area contributed by atoms with Gasteiger partial charge in [-0.2, -0.15) is 0 Å². The molecule has 0 radical (unpaired) electrons. The second-order valence-electron chi connectivity index (χ2n) is 6.13. The fourth-order valence-corrected chi connectivity index (χ4v) is 3.50. The maximum absolute atomic E-state index is 12.2. The van der Waals surface area contributed by atoms with E-state index in [2.05, 4.69) is 10.2 Å². The minimum Gasteiger partial charge on any atom is -0.393 e. The van der Waals surface area contributed by atoms with Gasteiger partial charge in [-0.1, -0.05) is 12.8 Å². The fourth-order valence-electron chi connectivity index (χ4n) is 3.50. The summed E-state index contributed by atoms with van der Waals surface area (Å²) in [6.45, 7) is 3.69. The van der Waals surface area contributed by atoms with E-state index in [1.807, 2.05) is 6.92 Å². The number of amides is 1. The molecule has 0 aliphatic carbocycles. The largest absolute Gasteiger partial charge is 0.393 e. The van der Waals surface area contributed by atoms with Gasteiger partial charge in [-0.15, -0.1) is 0 Å². The molecule has 0 aromatic heterocycles. The highest BCUT2D eigenvalue weighted by atomic mass is 16.3. The van der Waals surface area contributed by atoms with Crippen LogP contribution in [0.25, 0.3) is 0 Å². The van der Waals surface area contributed by atoms with Gasteiger partial charge in [-0.25, -0.2) is 0 Å². The number of nitrogens with zero attached hydrogens (tertiary/aromatic N) is 1. The Kier molecular flexibility index (Phi) is 5.64. The number of carbonyl (C=O) groups is 1. The van der Waals surface area contributed by atoms with E-state index in [0.717, 1.165) is 45.2 Å². The lowest BCUT2D eigenvalue weighted by Gasteiger charge is -2.36. The highest BCUT2D eigenvalue weighted by Gasteiger charge is 2.33. The average Bonchev–Trinajstić information content (AvgIpc) is 2.69. The van der Waals surface area contributed by atoms with Gasteiger partial charge in [0.2, 0.25) is 5.91 Å². The molecule has 0 aromatic carbocycles. The molecule has 4 nitrogen and oxygen atoms in total. The van der Waals surface area contributed by atoms with Crippen molar-refractivity contribution in [3.63, 3.8) is 0 Å². The van der Waals surface area contributed by atoms with Crippen LogP contribution < -0.4 is 5.32 Å². The standard InChI is InChI=1S/C15H28N2O2/c1-12(18)11-13-7-3-2-6-10-17(13)14-8-4-5-9-16-15(14)19/h12-14,18H,2-11H2,1H3,(H,16,19).